The zero-order valence-corrected chi connectivity index (χ0v) is 13.4. The number of likely N-dealkylation sites (tertiary alicyclic amines) is 1. The SMILES string of the molecule is CN1CCCC(CCc2nc(-c3cn4ccccc4n3)no2)C1. The summed E-state index contributed by atoms with van der Waals surface area (Å²) in [7, 11) is 2.19. The summed E-state index contributed by atoms with van der Waals surface area (Å²) in [4.78, 5) is 11.4. The maximum atomic E-state index is 5.41. The van der Waals surface area contributed by atoms with Gasteiger partial charge in [0.1, 0.15) is 11.3 Å². The first-order valence-electron chi connectivity index (χ1n) is 8.23. The van der Waals surface area contributed by atoms with E-state index in [1.54, 1.807) is 0 Å². The molecule has 120 valence electrons. The first-order chi connectivity index (χ1) is 11.3. The van der Waals surface area contributed by atoms with E-state index in [-0.39, 0.29) is 0 Å². The third-order valence-electron chi connectivity index (χ3n) is 4.55. The van der Waals surface area contributed by atoms with E-state index in [9.17, 15) is 0 Å². The number of hydrogen-bond acceptors (Lipinski definition) is 5. The molecule has 0 N–H and O–H groups in total. The van der Waals surface area contributed by atoms with Crippen molar-refractivity contribution in [3.8, 4) is 11.5 Å². The molecule has 0 saturated carbocycles. The highest BCUT2D eigenvalue weighted by Crippen LogP contribution is 2.21. The highest BCUT2D eigenvalue weighted by Gasteiger charge is 2.19. The Hall–Kier alpha value is -2.21. The molecule has 23 heavy (non-hydrogen) atoms. The van der Waals surface area contributed by atoms with Crippen molar-refractivity contribution in [2.75, 3.05) is 20.1 Å². The second-order valence-corrected chi connectivity index (χ2v) is 6.41. The van der Waals surface area contributed by atoms with Crippen molar-refractivity contribution >= 4 is 5.65 Å². The topological polar surface area (TPSA) is 59.5 Å². The summed E-state index contributed by atoms with van der Waals surface area (Å²) in [6.07, 6.45) is 8.44. The molecule has 1 saturated heterocycles. The molecule has 1 unspecified atom stereocenters. The molecule has 6 nitrogen and oxygen atoms in total. The summed E-state index contributed by atoms with van der Waals surface area (Å²) in [6, 6.07) is 5.90. The van der Waals surface area contributed by atoms with Crippen LogP contribution >= 0.6 is 0 Å². The molecule has 1 aliphatic heterocycles. The second kappa shape index (κ2) is 6.12. The summed E-state index contributed by atoms with van der Waals surface area (Å²) < 4.78 is 7.37. The van der Waals surface area contributed by atoms with Gasteiger partial charge < -0.3 is 13.8 Å². The highest BCUT2D eigenvalue weighted by atomic mass is 16.5. The van der Waals surface area contributed by atoms with Crippen molar-refractivity contribution in [3.63, 3.8) is 0 Å². The summed E-state index contributed by atoms with van der Waals surface area (Å²) in [5, 5.41) is 4.09. The third-order valence-corrected chi connectivity index (χ3v) is 4.55. The van der Waals surface area contributed by atoms with Gasteiger partial charge in [-0.3, -0.25) is 0 Å². The van der Waals surface area contributed by atoms with Crippen molar-refractivity contribution in [3.05, 3.63) is 36.5 Å². The lowest BCUT2D eigenvalue weighted by Crippen LogP contribution is -2.32. The van der Waals surface area contributed by atoms with Gasteiger partial charge in [-0.15, -0.1) is 0 Å². The van der Waals surface area contributed by atoms with Gasteiger partial charge in [-0.2, -0.15) is 4.98 Å². The quantitative estimate of drug-likeness (QED) is 0.741. The maximum Gasteiger partial charge on any atom is 0.227 e. The minimum Gasteiger partial charge on any atom is -0.339 e. The maximum absolute atomic E-state index is 5.41. The van der Waals surface area contributed by atoms with Crippen LogP contribution in [0.25, 0.3) is 17.2 Å². The number of hydrogen-bond donors (Lipinski definition) is 0. The van der Waals surface area contributed by atoms with Crippen LogP contribution in [-0.4, -0.2) is 44.6 Å². The van der Waals surface area contributed by atoms with E-state index in [0.717, 1.165) is 30.1 Å². The van der Waals surface area contributed by atoms with Crippen molar-refractivity contribution < 1.29 is 4.52 Å². The molecular formula is C17H21N5O. The molecular weight excluding hydrogens is 290 g/mol. The predicted molar refractivity (Wildman–Crippen MR) is 87.0 cm³/mol. The van der Waals surface area contributed by atoms with Gasteiger partial charge in [0, 0.05) is 25.4 Å². The Balaban J connectivity index is 1.44. The van der Waals surface area contributed by atoms with E-state index in [0.29, 0.717) is 11.7 Å². The normalized spacial score (nSPS) is 19.4. The summed E-state index contributed by atoms with van der Waals surface area (Å²) in [5.74, 6) is 2.02. The fraction of sp³-hybridized carbons (Fsp3) is 0.471. The molecule has 0 aliphatic carbocycles. The van der Waals surface area contributed by atoms with Crippen molar-refractivity contribution in [2.45, 2.75) is 25.7 Å². The van der Waals surface area contributed by atoms with Crippen LogP contribution in [-0.2, 0) is 6.42 Å². The van der Waals surface area contributed by atoms with Gasteiger partial charge in [0.05, 0.1) is 0 Å². The van der Waals surface area contributed by atoms with Crippen LogP contribution in [0.5, 0.6) is 0 Å². The van der Waals surface area contributed by atoms with Crippen molar-refractivity contribution in [1.82, 2.24) is 24.4 Å². The molecule has 1 atom stereocenters. The van der Waals surface area contributed by atoms with Gasteiger partial charge in [-0.25, -0.2) is 4.98 Å². The lowest BCUT2D eigenvalue weighted by molar-refractivity contribution is 0.199. The number of rotatable bonds is 4. The molecule has 0 bridgehead atoms. The van der Waals surface area contributed by atoms with E-state index in [1.807, 2.05) is 35.0 Å². The minimum atomic E-state index is 0.574. The van der Waals surface area contributed by atoms with Crippen LogP contribution in [0.15, 0.2) is 35.1 Å². The molecule has 0 aromatic carbocycles. The van der Waals surface area contributed by atoms with Crippen molar-refractivity contribution in [1.29, 1.82) is 0 Å². The first kappa shape index (κ1) is 14.4. The molecule has 4 heterocycles. The Morgan fingerprint density at radius 2 is 2.26 bits per heavy atom. The zero-order valence-electron chi connectivity index (χ0n) is 13.4. The van der Waals surface area contributed by atoms with E-state index in [4.69, 9.17) is 4.52 Å². The van der Waals surface area contributed by atoms with E-state index in [2.05, 4.69) is 27.1 Å². The van der Waals surface area contributed by atoms with Crippen LogP contribution in [0, 0.1) is 5.92 Å². The largest absolute Gasteiger partial charge is 0.339 e. The standard InChI is InChI=1S/C17H21N5O/c1-21-9-4-5-13(11-21)7-8-16-19-17(20-23-16)14-12-22-10-3-2-6-15(22)18-14/h2-3,6,10,12-13H,4-5,7-9,11H2,1H3. The molecule has 0 spiro atoms. The smallest absolute Gasteiger partial charge is 0.227 e. The van der Waals surface area contributed by atoms with Gasteiger partial charge >= 0.3 is 0 Å². The Labute approximate surface area is 135 Å². The lowest BCUT2D eigenvalue weighted by atomic mass is 9.94. The Kier molecular flexibility index (Phi) is 3.83. The average molecular weight is 311 g/mol. The molecule has 3 aromatic heterocycles. The molecule has 0 amide bonds. The van der Waals surface area contributed by atoms with Gasteiger partial charge in [0.25, 0.3) is 0 Å². The number of imidazole rings is 1. The molecule has 1 fully saturated rings. The Morgan fingerprint density at radius 3 is 3.13 bits per heavy atom. The van der Waals surface area contributed by atoms with Gasteiger partial charge in [0.15, 0.2) is 0 Å². The summed E-state index contributed by atoms with van der Waals surface area (Å²) in [5.41, 5.74) is 1.64. The van der Waals surface area contributed by atoms with Crippen LogP contribution in [0.2, 0.25) is 0 Å². The Bertz CT molecular complexity index is 760. The van der Waals surface area contributed by atoms with Crippen LogP contribution in [0.4, 0.5) is 0 Å². The minimum absolute atomic E-state index is 0.574. The van der Waals surface area contributed by atoms with Gasteiger partial charge in [0.2, 0.25) is 11.7 Å². The fourth-order valence-corrected chi connectivity index (χ4v) is 3.34. The second-order valence-electron chi connectivity index (χ2n) is 6.41. The monoisotopic (exact) mass is 311 g/mol. The number of fused-ring (bicyclic) bond motifs is 1. The van der Waals surface area contributed by atoms with Crippen molar-refractivity contribution in [2.24, 2.45) is 5.92 Å². The van der Waals surface area contributed by atoms with E-state index < -0.39 is 0 Å². The molecule has 4 rings (SSSR count). The Morgan fingerprint density at radius 1 is 1.30 bits per heavy atom. The molecule has 3 aromatic rings. The average Bonchev–Trinajstić information content (AvgIpc) is 3.19. The lowest BCUT2D eigenvalue weighted by Gasteiger charge is -2.29. The number of aromatic nitrogens is 4. The molecule has 0 radical (unpaired) electrons. The predicted octanol–water partition coefficient (Wildman–Crippen LogP) is 2.66. The van der Waals surface area contributed by atoms with Gasteiger partial charge in [-0.1, -0.05) is 11.2 Å². The number of piperidine rings is 1. The van der Waals surface area contributed by atoms with Gasteiger partial charge in [-0.05, 0) is 50.9 Å². The summed E-state index contributed by atoms with van der Waals surface area (Å²) >= 11 is 0. The van der Waals surface area contributed by atoms with Crippen LogP contribution < -0.4 is 0 Å². The fourth-order valence-electron chi connectivity index (χ4n) is 3.34. The number of pyridine rings is 1. The van der Waals surface area contributed by atoms with Crippen LogP contribution in [0.1, 0.15) is 25.2 Å². The number of nitrogens with zero attached hydrogens (tertiary/aromatic N) is 5. The molecule has 1 aliphatic rings. The summed E-state index contributed by atoms with van der Waals surface area (Å²) in [6.45, 7) is 2.39. The molecule has 6 heteroatoms. The number of aryl methyl sites for hydroxylation is 1. The van der Waals surface area contributed by atoms with E-state index in [1.165, 1.54) is 25.9 Å². The highest BCUT2D eigenvalue weighted by molar-refractivity contribution is 5.54. The van der Waals surface area contributed by atoms with Crippen LogP contribution in [0.3, 0.4) is 0 Å². The first-order valence-corrected chi connectivity index (χ1v) is 8.23. The zero-order chi connectivity index (χ0) is 15.6. The third kappa shape index (κ3) is 3.12. The van der Waals surface area contributed by atoms with E-state index >= 15 is 0 Å².